The molecule has 0 bridgehead atoms. The highest BCUT2D eigenvalue weighted by molar-refractivity contribution is 6.18. The van der Waals surface area contributed by atoms with Crippen LogP contribution in [0.25, 0.3) is 55.0 Å². The first-order valence-corrected chi connectivity index (χ1v) is 12.6. The molecule has 0 aliphatic rings. The second kappa shape index (κ2) is 7.60. The molecule has 0 radical (unpaired) electrons. The predicted octanol–water partition coefficient (Wildman–Crippen LogP) is 9.18. The number of rotatable bonds is 2. The maximum absolute atomic E-state index is 2.42. The summed E-state index contributed by atoms with van der Waals surface area (Å²) < 4.78 is 4.82. The van der Waals surface area contributed by atoms with Gasteiger partial charge < -0.3 is 9.13 Å². The van der Waals surface area contributed by atoms with E-state index in [0.717, 1.165) is 0 Å². The number of fused-ring (bicyclic) bond motifs is 6. The smallest absolute Gasteiger partial charge is 0.0548 e. The summed E-state index contributed by atoms with van der Waals surface area (Å²) in [5.41, 5.74) is 8.80. The minimum absolute atomic E-state index is 0.130. The fourth-order valence-electron chi connectivity index (χ4n) is 5.67. The van der Waals surface area contributed by atoms with Gasteiger partial charge in [0.2, 0.25) is 0 Å². The van der Waals surface area contributed by atoms with Gasteiger partial charge >= 0.3 is 0 Å². The SMILES string of the molecule is CC(C)(C)c1ccc(-n2c3ccccc3c3cc4c(cc32)c2ccccc2n4-c2ccccc2)cc1. The first kappa shape index (κ1) is 21.0. The van der Waals surface area contributed by atoms with Crippen LogP contribution in [0.4, 0.5) is 0 Å². The zero-order valence-electron chi connectivity index (χ0n) is 20.9. The monoisotopic (exact) mass is 464 g/mol. The molecule has 2 heterocycles. The third-order valence-electron chi connectivity index (χ3n) is 7.47. The van der Waals surface area contributed by atoms with Gasteiger partial charge in [-0.2, -0.15) is 0 Å². The summed E-state index contributed by atoms with van der Waals surface area (Å²) in [5, 5.41) is 5.10. The van der Waals surface area contributed by atoms with Crippen LogP contribution in [0.1, 0.15) is 26.3 Å². The lowest BCUT2D eigenvalue weighted by Gasteiger charge is -2.19. The standard InChI is InChI=1S/C34H28N2/c1-34(2,3)23-17-19-25(20-18-23)36-31-16-10-8-14-27(31)29-21-32-28(22-33(29)36)26-13-7-9-15-30(26)35(32)24-11-5-4-6-12-24/h4-22H,1-3H3. The summed E-state index contributed by atoms with van der Waals surface area (Å²) in [6.45, 7) is 6.80. The van der Waals surface area contributed by atoms with E-state index in [4.69, 9.17) is 0 Å². The molecular weight excluding hydrogens is 436 g/mol. The molecule has 36 heavy (non-hydrogen) atoms. The summed E-state index contributed by atoms with van der Waals surface area (Å²) in [4.78, 5) is 0. The molecule has 0 aliphatic carbocycles. The molecular formula is C34H28N2. The molecule has 2 nitrogen and oxygen atoms in total. The molecule has 2 heteroatoms. The fourth-order valence-corrected chi connectivity index (χ4v) is 5.67. The van der Waals surface area contributed by atoms with E-state index >= 15 is 0 Å². The van der Waals surface area contributed by atoms with E-state index in [0.29, 0.717) is 0 Å². The van der Waals surface area contributed by atoms with Gasteiger partial charge in [-0.05, 0) is 59.5 Å². The number of hydrogen-bond acceptors (Lipinski definition) is 0. The van der Waals surface area contributed by atoms with Gasteiger partial charge in [0.05, 0.1) is 22.1 Å². The number of para-hydroxylation sites is 3. The summed E-state index contributed by atoms with van der Waals surface area (Å²) >= 11 is 0. The Balaban J connectivity index is 1.60. The van der Waals surface area contributed by atoms with E-state index in [9.17, 15) is 0 Å². The van der Waals surface area contributed by atoms with Crippen molar-refractivity contribution in [3.63, 3.8) is 0 Å². The number of aromatic nitrogens is 2. The molecule has 0 saturated carbocycles. The molecule has 5 aromatic carbocycles. The van der Waals surface area contributed by atoms with Crippen LogP contribution in [-0.4, -0.2) is 9.13 Å². The zero-order valence-corrected chi connectivity index (χ0v) is 20.9. The third kappa shape index (κ3) is 3.04. The van der Waals surface area contributed by atoms with Crippen molar-refractivity contribution >= 4 is 43.6 Å². The van der Waals surface area contributed by atoms with Gasteiger partial charge in [-0.1, -0.05) is 87.5 Å². The lowest BCUT2D eigenvalue weighted by Crippen LogP contribution is -2.10. The van der Waals surface area contributed by atoms with Gasteiger partial charge in [-0.25, -0.2) is 0 Å². The molecule has 0 fully saturated rings. The van der Waals surface area contributed by atoms with E-state index in [1.165, 1.54) is 60.5 Å². The Morgan fingerprint density at radius 1 is 0.417 bits per heavy atom. The summed E-state index contributed by atoms with van der Waals surface area (Å²) in [5.74, 6) is 0. The highest BCUT2D eigenvalue weighted by Crippen LogP contribution is 2.39. The van der Waals surface area contributed by atoms with Crippen molar-refractivity contribution in [2.45, 2.75) is 26.2 Å². The second-order valence-corrected chi connectivity index (χ2v) is 10.7. The van der Waals surface area contributed by atoms with Crippen LogP contribution in [-0.2, 0) is 5.41 Å². The van der Waals surface area contributed by atoms with Crippen LogP contribution in [0.15, 0.2) is 115 Å². The molecule has 0 N–H and O–H groups in total. The first-order valence-electron chi connectivity index (χ1n) is 12.6. The lowest BCUT2D eigenvalue weighted by molar-refractivity contribution is 0.590. The lowest BCUT2D eigenvalue weighted by atomic mass is 9.87. The topological polar surface area (TPSA) is 9.86 Å². The molecule has 0 unspecified atom stereocenters. The first-order chi connectivity index (χ1) is 17.5. The zero-order chi connectivity index (χ0) is 24.4. The molecule has 174 valence electrons. The van der Waals surface area contributed by atoms with E-state index in [1.54, 1.807) is 0 Å². The van der Waals surface area contributed by atoms with Crippen LogP contribution < -0.4 is 0 Å². The second-order valence-electron chi connectivity index (χ2n) is 10.7. The molecule has 0 spiro atoms. The molecule has 0 atom stereocenters. The minimum Gasteiger partial charge on any atom is -0.309 e. The molecule has 0 amide bonds. The highest BCUT2D eigenvalue weighted by atomic mass is 15.0. The summed E-state index contributed by atoms with van der Waals surface area (Å²) in [7, 11) is 0. The molecule has 0 saturated heterocycles. The Kier molecular flexibility index (Phi) is 4.44. The average Bonchev–Trinajstić information content (AvgIpc) is 3.40. The Morgan fingerprint density at radius 2 is 0.861 bits per heavy atom. The van der Waals surface area contributed by atoms with Crippen molar-refractivity contribution < 1.29 is 0 Å². The maximum atomic E-state index is 2.42. The van der Waals surface area contributed by atoms with Gasteiger partial charge in [-0.15, -0.1) is 0 Å². The molecule has 0 aliphatic heterocycles. The fraction of sp³-hybridized carbons (Fsp3) is 0.118. The molecule has 2 aromatic heterocycles. The van der Waals surface area contributed by atoms with Gasteiger partial charge in [0.25, 0.3) is 0 Å². The van der Waals surface area contributed by atoms with Crippen LogP contribution in [0.5, 0.6) is 0 Å². The number of hydrogen-bond donors (Lipinski definition) is 0. The normalized spacial score (nSPS) is 12.3. The van der Waals surface area contributed by atoms with Gasteiger partial charge in [-0.3, -0.25) is 0 Å². The maximum Gasteiger partial charge on any atom is 0.0548 e. The Bertz CT molecular complexity index is 1890. The molecule has 7 aromatic rings. The average molecular weight is 465 g/mol. The van der Waals surface area contributed by atoms with Crippen molar-refractivity contribution in [3.05, 3.63) is 121 Å². The van der Waals surface area contributed by atoms with E-state index in [1.807, 2.05) is 0 Å². The van der Waals surface area contributed by atoms with Crippen molar-refractivity contribution in [1.29, 1.82) is 0 Å². The van der Waals surface area contributed by atoms with Crippen LogP contribution in [0, 0.1) is 0 Å². The quantitative estimate of drug-likeness (QED) is 0.241. The van der Waals surface area contributed by atoms with Gasteiger partial charge in [0.1, 0.15) is 0 Å². The Morgan fingerprint density at radius 3 is 1.36 bits per heavy atom. The van der Waals surface area contributed by atoms with Gasteiger partial charge in [0.15, 0.2) is 0 Å². The Labute approximate surface area is 211 Å². The van der Waals surface area contributed by atoms with Crippen molar-refractivity contribution in [2.24, 2.45) is 0 Å². The number of nitrogens with zero attached hydrogens (tertiary/aromatic N) is 2. The summed E-state index contributed by atoms with van der Waals surface area (Å²) in [6, 6.07) is 42.1. The highest BCUT2D eigenvalue weighted by Gasteiger charge is 2.19. The number of benzene rings is 5. The van der Waals surface area contributed by atoms with Crippen molar-refractivity contribution in [2.75, 3.05) is 0 Å². The van der Waals surface area contributed by atoms with E-state index < -0.39 is 0 Å². The van der Waals surface area contributed by atoms with Crippen molar-refractivity contribution in [1.82, 2.24) is 9.13 Å². The van der Waals surface area contributed by atoms with Crippen molar-refractivity contribution in [3.8, 4) is 11.4 Å². The van der Waals surface area contributed by atoms with Crippen LogP contribution in [0.2, 0.25) is 0 Å². The van der Waals surface area contributed by atoms with Crippen LogP contribution in [0.3, 0.4) is 0 Å². The van der Waals surface area contributed by atoms with Gasteiger partial charge in [0, 0.05) is 32.9 Å². The van der Waals surface area contributed by atoms with E-state index in [2.05, 4.69) is 145 Å². The van der Waals surface area contributed by atoms with E-state index in [-0.39, 0.29) is 5.41 Å². The Hall–Kier alpha value is -4.30. The third-order valence-corrected chi connectivity index (χ3v) is 7.47. The largest absolute Gasteiger partial charge is 0.309 e. The molecule has 7 rings (SSSR count). The predicted molar refractivity (Wildman–Crippen MR) is 154 cm³/mol. The van der Waals surface area contributed by atoms with Crippen LogP contribution >= 0.6 is 0 Å². The summed E-state index contributed by atoms with van der Waals surface area (Å²) in [6.07, 6.45) is 0. The minimum atomic E-state index is 0.130.